The van der Waals surface area contributed by atoms with E-state index in [1.165, 1.54) is 20.9 Å². The second-order valence-corrected chi connectivity index (χ2v) is 6.32. The van der Waals surface area contributed by atoms with Gasteiger partial charge in [-0.05, 0) is 31.7 Å². The lowest BCUT2D eigenvalue weighted by molar-refractivity contribution is 0.310. The highest BCUT2D eigenvalue weighted by Gasteiger charge is 2.10. The van der Waals surface area contributed by atoms with Crippen molar-refractivity contribution in [2.75, 3.05) is 14.2 Å². The van der Waals surface area contributed by atoms with Crippen molar-refractivity contribution in [1.82, 2.24) is 4.90 Å². The van der Waals surface area contributed by atoms with Crippen molar-refractivity contribution >= 4 is 11.3 Å². The summed E-state index contributed by atoms with van der Waals surface area (Å²) in [7, 11) is 3.85. The van der Waals surface area contributed by atoms with E-state index in [1.54, 1.807) is 18.4 Å². The fraction of sp³-hybridized carbons (Fsp3) is 0.375. The van der Waals surface area contributed by atoms with Crippen LogP contribution in [0.1, 0.15) is 20.9 Å². The molecule has 2 rings (SSSR count). The van der Waals surface area contributed by atoms with E-state index >= 15 is 0 Å². The van der Waals surface area contributed by atoms with Gasteiger partial charge in [-0.3, -0.25) is 4.90 Å². The second kappa shape index (κ2) is 6.88. The summed E-state index contributed by atoms with van der Waals surface area (Å²) in [5.74, 6) is 0.948. The molecule has 0 saturated carbocycles. The number of methoxy groups -OCH3 is 1. The zero-order valence-corrected chi connectivity index (χ0v) is 13.2. The second-order valence-electron chi connectivity index (χ2n) is 4.98. The molecule has 2 aromatic rings. The summed E-state index contributed by atoms with van der Waals surface area (Å²) < 4.78 is 5.40. The number of aryl methyl sites for hydroxylation is 1. The van der Waals surface area contributed by atoms with Gasteiger partial charge in [0.05, 0.1) is 7.11 Å². The molecule has 3 nitrogen and oxygen atoms in total. The number of thiophene rings is 1. The maximum Gasteiger partial charge on any atom is 0.123 e. The van der Waals surface area contributed by atoms with Gasteiger partial charge in [-0.1, -0.05) is 18.2 Å². The van der Waals surface area contributed by atoms with Gasteiger partial charge in [-0.25, -0.2) is 0 Å². The van der Waals surface area contributed by atoms with E-state index < -0.39 is 0 Å². The highest BCUT2D eigenvalue weighted by molar-refractivity contribution is 7.12. The normalized spacial score (nSPS) is 11.1. The topological polar surface area (TPSA) is 38.5 Å². The van der Waals surface area contributed by atoms with Crippen molar-refractivity contribution < 1.29 is 4.74 Å². The Labute approximate surface area is 125 Å². The van der Waals surface area contributed by atoms with E-state index in [2.05, 4.69) is 31.0 Å². The molecule has 4 heteroatoms. The highest BCUT2D eigenvalue weighted by Crippen LogP contribution is 2.24. The van der Waals surface area contributed by atoms with Gasteiger partial charge in [-0.2, -0.15) is 0 Å². The Kier molecular flexibility index (Phi) is 5.17. The molecule has 1 aromatic heterocycles. The molecule has 0 aliphatic carbocycles. The summed E-state index contributed by atoms with van der Waals surface area (Å²) in [6, 6.07) is 10.4. The molecule has 0 atom stereocenters. The summed E-state index contributed by atoms with van der Waals surface area (Å²) in [5, 5.41) is 0. The largest absolute Gasteiger partial charge is 0.496 e. The lowest BCUT2D eigenvalue weighted by Crippen LogP contribution is -2.17. The minimum absolute atomic E-state index is 0.627. The maximum absolute atomic E-state index is 5.70. The first kappa shape index (κ1) is 15.0. The fourth-order valence-electron chi connectivity index (χ4n) is 2.32. The zero-order chi connectivity index (χ0) is 14.5. The van der Waals surface area contributed by atoms with Gasteiger partial charge in [0, 0.05) is 35.0 Å². The number of hydrogen-bond acceptors (Lipinski definition) is 4. The molecule has 20 heavy (non-hydrogen) atoms. The van der Waals surface area contributed by atoms with E-state index in [9.17, 15) is 0 Å². The van der Waals surface area contributed by atoms with Gasteiger partial charge >= 0.3 is 0 Å². The van der Waals surface area contributed by atoms with Crippen molar-refractivity contribution in [2.45, 2.75) is 26.6 Å². The summed E-state index contributed by atoms with van der Waals surface area (Å²) >= 11 is 1.79. The number of rotatable bonds is 6. The zero-order valence-electron chi connectivity index (χ0n) is 12.3. The smallest absolute Gasteiger partial charge is 0.123 e. The number of benzene rings is 1. The Balaban J connectivity index is 2.04. The number of hydrogen-bond donors (Lipinski definition) is 1. The number of para-hydroxylation sites is 1. The molecule has 0 spiro atoms. The fourth-order valence-corrected chi connectivity index (χ4v) is 3.25. The van der Waals surface area contributed by atoms with Crippen LogP contribution in [0.25, 0.3) is 0 Å². The molecule has 0 amide bonds. The van der Waals surface area contributed by atoms with Crippen molar-refractivity contribution in [3.05, 3.63) is 51.2 Å². The van der Waals surface area contributed by atoms with Crippen molar-refractivity contribution in [3.8, 4) is 5.75 Å². The summed E-state index contributed by atoms with van der Waals surface area (Å²) in [4.78, 5) is 4.91. The molecular weight excluding hydrogens is 268 g/mol. The predicted molar refractivity (Wildman–Crippen MR) is 85.1 cm³/mol. The molecule has 0 aliphatic rings. The van der Waals surface area contributed by atoms with Gasteiger partial charge in [0.2, 0.25) is 0 Å². The van der Waals surface area contributed by atoms with Crippen LogP contribution in [0.3, 0.4) is 0 Å². The predicted octanol–water partition coefficient (Wildman–Crippen LogP) is 3.16. The van der Waals surface area contributed by atoms with Gasteiger partial charge in [-0.15, -0.1) is 11.3 Å². The number of nitrogens with zero attached hydrogens (tertiary/aromatic N) is 1. The van der Waals surface area contributed by atoms with Crippen LogP contribution in [0.2, 0.25) is 0 Å². The van der Waals surface area contributed by atoms with Crippen LogP contribution >= 0.6 is 11.3 Å². The third-order valence-corrected chi connectivity index (χ3v) is 4.46. The molecule has 0 radical (unpaired) electrons. The molecule has 0 fully saturated rings. The minimum atomic E-state index is 0.627. The molecular formula is C16H22N2OS. The molecule has 0 unspecified atom stereocenters. The summed E-state index contributed by atoms with van der Waals surface area (Å²) in [5.41, 5.74) is 8.29. The molecule has 2 N–H and O–H groups in total. The average Bonchev–Trinajstić information content (AvgIpc) is 2.80. The average molecular weight is 290 g/mol. The molecule has 1 heterocycles. The van der Waals surface area contributed by atoms with E-state index in [4.69, 9.17) is 10.5 Å². The summed E-state index contributed by atoms with van der Waals surface area (Å²) in [6.45, 7) is 4.59. The monoisotopic (exact) mass is 290 g/mol. The van der Waals surface area contributed by atoms with Crippen LogP contribution < -0.4 is 10.5 Å². The van der Waals surface area contributed by atoms with Crippen molar-refractivity contribution in [3.63, 3.8) is 0 Å². The van der Waals surface area contributed by atoms with Crippen LogP contribution in [-0.4, -0.2) is 19.1 Å². The lowest BCUT2D eigenvalue weighted by Gasteiger charge is -2.18. The summed E-state index contributed by atoms with van der Waals surface area (Å²) in [6.07, 6.45) is 0. The maximum atomic E-state index is 5.70. The first-order chi connectivity index (χ1) is 9.63. The van der Waals surface area contributed by atoms with Crippen LogP contribution in [0.5, 0.6) is 5.75 Å². The Morgan fingerprint density at radius 2 is 1.90 bits per heavy atom. The van der Waals surface area contributed by atoms with Crippen molar-refractivity contribution in [2.24, 2.45) is 5.73 Å². The van der Waals surface area contributed by atoms with E-state index in [0.717, 1.165) is 18.8 Å². The Morgan fingerprint density at radius 3 is 2.55 bits per heavy atom. The molecule has 0 aliphatic heterocycles. The van der Waals surface area contributed by atoms with E-state index in [-0.39, 0.29) is 0 Å². The van der Waals surface area contributed by atoms with Crippen LogP contribution in [0, 0.1) is 6.92 Å². The SMILES string of the molecule is COc1ccccc1CN(C)Cc1cc(CN)sc1C. The quantitative estimate of drug-likeness (QED) is 0.888. The van der Waals surface area contributed by atoms with Gasteiger partial charge < -0.3 is 10.5 Å². The molecule has 1 aromatic carbocycles. The number of ether oxygens (including phenoxy) is 1. The first-order valence-electron chi connectivity index (χ1n) is 6.72. The van der Waals surface area contributed by atoms with Gasteiger partial charge in [0.15, 0.2) is 0 Å². The van der Waals surface area contributed by atoms with Crippen LogP contribution in [0.4, 0.5) is 0 Å². The standard InChI is InChI=1S/C16H22N2OS/c1-12-14(8-15(9-17)20-12)11-18(2)10-13-6-4-5-7-16(13)19-3/h4-8H,9-11,17H2,1-3H3. The van der Waals surface area contributed by atoms with E-state index in [0.29, 0.717) is 6.54 Å². The van der Waals surface area contributed by atoms with Crippen LogP contribution in [0.15, 0.2) is 30.3 Å². The number of nitrogens with two attached hydrogens (primary N) is 1. The first-order valence-corrected chi connectivity index (χ1v) is 7.54. The Bertz CT molecular complexity index is 565. The molecule has 0 saturated heterocycles. The third-order valence-electron chi connectivity index (χ3n) is 3.35. The van der Waals surface area contributed by atoms with Crippen molar-refractivity contribution in [1.29, 1.82) is 0 Å². The van der Waals surface area contributed by atoms with Gasteiger partial charge in [0.25, 0.3) is 0 Å². The highest BCUT2D eigenvalue weighted by atomic mass is 32.1. The third kappa shape index (κ3) is 3.60. The molecule has 0 bridgehead atoms. The van der Waals surface area contributed by atoms with Crippen LogP contribution in [-0.2, 0) is 19.6 Å². The lowest BCUT2D eigenvalue weighted by atomic mass is 10.1. The Morgan fingerprint density at radius 1 is 1.20 bits per heavy atom. The minimum Gasteiger partial charge on any atom is -0.496 e. The van der Waals surface area contributed by atoms with E-state index in [1.807, 2.05) is 18.2 Å². The van der Waals surface area contributed by atoms with Gasteiger partial charge in [0.1, 0.15) is 5.75 Å². The molecule has 108 valence electrons. The Hall–Kier alpha value is -1.36.